The van der Waals surface area contributed by atoms with Gasteiger partial charge in [0, 0.05) is 5.69 Å². The van der Waals surface area contributed by atoms with Gasteiger partial charge in [-0.1, -0.05) is 18.2 Å². The Morgan fingerprint density at radius 2 is 2.21 bits per heavy atom. The Balaban J connectivity index is 1.78. The van der Waals surface area contributed by atoms with Gasteiger partial charge in [0.15, 0.2) is 0 Å². The minimum Gasteiger partial charge on any atom is -0.463 e. The van der Waals surface area contributed by atoms with E-state index in [-0.39, 0.29) is 24.1 Å². The van der Waals surface area contributed by atoms with E-state index in [1.807, 2.05) is 18.2 Å². The molecule has 0 saturated carbocycles. The highest BCUT2D eigenvalue weighted by Gasteiger charge is 2.32. The smallest absolute Gasteiger partial charge is 0.310 e. The van der Waals surface area contributed by atoms with Crippen LogP contribution in [0.2, 0.25) is 0 Å². The summed E-state index contributed by atoms with van der Waals surface area (Å²) in [7, 11) is 0. The summed E-state index contributed by atoms with van der Waals surface area (Å²) in [6.45, 7) is 4.44. The molecule has 4 nitrogen and oxygen atoms in total. The van der Waals surface area contributed by atoms with E-state index < -0.39 is 0 Å². The van der Waals surface area contributed by atoms with Crippen molar-refractivity contribution in [3.05, 3.63) is 29.8 Å². The van der Waals surface area contributed by atoms with Crippen LogP contribution in [0.5, 0.6) is 0 Å². The van der Waals surface area contributed by atoms with E-state index in [9.17, 15) is 4.79 Å². The molecule has 19 heavy (non-hydrogen) atoms. The first-order chi connectivity index (χ1) is 8.96. The number of rotatable bonds is 4. The number of nitrogen functional groups attached to an aromatic ring is 1. The highest BCUT2D eigenvalue weighted by molar-refractivity contribution is 5.74. The van der Waals surface area contributed by atoms with Gasteiger partial charge in [0.2, 0.25) is 0 Å². The molecule has 1 aromatic carbocycles. The zero-order valence-electron chi connectivity index (χ0n) is 11.5. The Bertz CT molecular complexity index is 456. The van der Waals surface area contributed by atoms with Crippen LogP contribution in [0.3, 0.4) is 0 Å². The summed E-state index contributed by atoms with van der Waals surface area (Å²) < 4.78 is 11.0. The van der Waals surface area contributed by atoms with Crippen molar-refractivity contribution in [3.8, 4) is 0 Å². The Labute approximate surface area is 113 Å². The van der Waals surface area contributed by atoms with Gasteiger partial charge >= 0.3 is 5.97 Å². The van der Waals surface area contributed by atoms with Gasteiger partial charge in [0.05, 0.1) is 18.1 Å². The van der Waals surface area contributed by atoms with Gasteiger partial charge in [-0.3, -0.25) is 4.79 Å². The van der Waals surface area contributed by atoms with Crippen molar-refractivity contribution >= 4 is 11.7 Å². The van der Waals surface area contributed by atoms with E-state index in [1.165, 1.54) is 0 Å². The van der Waals surface area contributed by atoms with Crippen molar-refractivity contribution in [2.45, 2.75) is 44.8 Å². The molecule has 1 unspecified atom stereocenters. The van der Waals surface area contributed by atoms with Crippen LogP contribution in [-0.4, -0.2) is 24.3 Å². The quantitative estimate of drug-likeness (QED) is 0.669. The molecule has 1 heterocycles. The van der Waals surface area contributed by atoms with Crippen LogP contribution in [0, 0.1) is 0 Å². The average molecular weight is 263 g/mol. The van der Waals surface area contributed by atoms with Crippen molar-refractivity contribution in [1.82, 2.24) is 0 Å². The lowest BCUT2D eigenvalue weighted by atomic mass is 10.1. The van der Waals surface area contributed by atoms with E-state index in [0.29, 0.717) is 12.3 Å². The second-order valence-electron chi connectivity index (χ2n) is 5.60. The predicted molar refractivity (Wildman–Crippen MR) is 73.7 cm³/mol. The molecule has 1 saturated heterocycles. The van der Waals surface area contributed by atoms with Gasteiger partial charge in [-0.15, -0.1) is 0 Å². The van der Waals surface area contributed by atoms with E-state index in [4.69, 9.17) is 15.2 Å². The third kappa shape index (κ3) is 3.96. The van der Waals surface area contributed by atoms with Gasteiger partial charge in [-0.25, -0.2) is 0 Å². The van der Waals surface area contributed by atoms with Gasteiger partial charge < -0.3 is 15.2 Å². The molecule has 4 heteroatoms. The summed E-state index contributed by atoms with van der Waals surface area (Å²) in [5, 5.41) is 0. The van der Waals surface area contributed by atoms with Gasteiger partial charge in [-0.05, 0) is 38.3 Å². The molecular weight excluding hydrogens is 242 g/mol. The predicted octanol–water partition coefficient (Wildman–Crippen LogP) is 2.31. The molecule has 1 aliphatic rings. The van der Waals surface area contributed by atoms with Crippen LogP contribution in [0.1, 0.15) is 32.3 Å². The lowest BCUT2D eigenvalue weighted by Crippen LogP contribution is -2.24. The lowest BCUT2D eigenvalue weighted by Gasteiger charge is -2.19. The molecule has 0 aromatic heterocycles. The lowest BCUT2D eigenvalue weighted by molar-refractivity contribution is -0.148. The Kier molecular flexibility index (Phi) is 4.10. The second-order valence-corrected chi connectivity index (χ2v) is 5.60. The molecule has 2 rings (SSSR count). The molecule has 1 aliphatic heterocycles. The average Bonchev–Trinajstić information content (AvgIpc) is 2.69. The van der Waals surface area contributed by atoms with Crippen molar-refractivity contribution in [2.24, 2.45) is 0 Å². The summed E-state index contributed by atoms with van der Waals surface area (Å²) in [5.74, 6) is -0.258. The van der Waals surface area contributed by atoms with Crippen molar-refractivity contribution in [1.29, 1.82) is 0 Å². The fraction of sp³-hybridized carbons (Fsp3) is 0.533. The highest BCUT2D eigenvalue weighted by atomic mass is 16.6. The summed E-state index contributed by atoms with van der Waals surface area (Å²) in [6.07, 6.45) is 2.17. The third-order valence-electron chi connectivity index (χ3n) is 3.37. The fourth-order valence-corrected chi connectivity index (χ4v) is 2.28. The molecule has 104 valence electrons. The maximum atomic E-state index is 11.7. The molecule has 1 fully saturated rings. The molecule has 0 bridgehead atoms. The van der Waals surface area contributed by atoms with Crippen molar-refractivity contribution in [3.63, 3.8) is 0 Å². The topological polar surface area (TPSA) is 61.5 Å². The Morgan fingerprint density at radius 3 is 2.84 bits per heavy atom. The molecule has 1 atom stereocenters. The number of carbonyl (C=O) groups is 1. The molecule has 1 aromatic rings. The van der Waals surface area contributed by atoms with Crippen LogP contribution in [0.4, 0.5) is 5.69 Å². The number of nitrogens with two attached hydrogens (primary N) is 1. The number of esters is 1. The Morgan fingerprint density at radius 1 is 1.47 bits per heavy atom. The number of para-hydroxylation sites is 1. The SMILES string of the molecule is CC1(C)CCC(COC(=O)Cc2ccccc2N)O1. The summed E-state index contributed by atoms with van der Waals surface area (Å²) in [5.41, 5.74) is 7.12. The third-order valence-corrected chi connectivity index (χ3v) is 3.37. The number of hydrogen-bond donors (Lipinski definition) is 1. The monoisotopic (exact) mass is 263 g/mol. The molecule has 0 spiro atoms. The van der Waals surface area contributed by atoms with Gasteiger partial charge in [-0.2, -0.15) is 0 Å². The van der Waals surface area contributed by atoms with Crippen molar-refractivity contribution in [2.75, 3.05) is 12.3 Å². The maximum Gasteiger partial charge on any atom is 0.310 e. The summed E-state index contributed by atoms with van der Waals surface area (Å²) in [4.78, 5) is 11.7. The first-order valence-corrected chi connectivity index (χ1v) is 6.63. The highest BCUT2D eigenvalue weighted by Crippen LogP contribution is 2.29. The molecular formula is C15H21NO3. The fourth-order valence-electron chi connectivity index (χ4n) is 2.28. The van der Waals surface area contributed by atoms with E-state index in [2.05, 4.69) is 13.8 Å². The van der Waals surface area contributed by atoms with Crippen LogP contribution < -0.4 is 5.73 Å². The minimum atomic E-state index is -0.258. The van der Waals surface area contributed by atoms with E-state index >= 15 is 0 Å². The van der Waals surface area contributed by atoms with E-state index in [1.54, 1.807) is 6.07 Å². The Hall–Kier alpha value is -1.55. The van der Waals surface area contributed by atoms with Crippen LogP contribution in [-0.2, 0) is 20.7 Å². The summed E-state index contributed by atoms with van der Waals surface area (Å²) in [6, 6.07) is 7.33. The van der Waals surface area contributed by atoms with Crippen molar-refractivity contribution < 1.29 is 14.3 Å². The first-order valence-electron chi connectivity index (χ1n) is 6.63. The largest absolute Gasteiger partial charge is 0.463 e. The van der Waals surface area contributed by atoms with Crippen LogP contribution in [0.15, 0.2) is 24.3 Å². The number of hydrogen-bond acceptors (Lipinski definition) is 4. The molecule has 0 aliphatic carbocycles. The zero-order chi connectivity index (χ0) is 13.9. The summed E-state index contributed by atoms with van der Waals surface area (Å²) >= 11 is 0. The molecule has 2 N–H and O–H groups in total. The maximum absolute atomic E-state index is 11.7. The van der Waals surface area contributed by atoms with Crippen LogP contribution >= 0.6 is 0 Å². The number of benzene rings is 1. The molecule has 0 amide bonds. The standard InChI is InChI=1S/C15H21NO3/c1-15(2)8-7-12(19-15)10-18-14(17)9-11-5-3-4-6-13(11)16/h3-6,12H,7-10,16H2,1-2H3. The van der Waals surface area contributed by atoms with Gasteiger partial charge in [0.25, 0.3) is 0 Å². The zero-order valence-corrected chi connectivity index (χ0v) is 11.5. The second kappa shape index (κ2) is 5.61. The van der Waals surface area contributed by atoms with E-state index in [0.717, 1.165) is 18.4 Å². The number of ether oxygens (including phenoxy) is 2. The number of anilines is 1. The normalized spacial score (nSPS) is 21.3. The minimum absolute atomic E-state index is 0.0204. The van der Waals surface area contributed by atoms with Crippen LogP contribution in [0.25, 0.3) is 0 Å². The first kappa shape index (κ1) is 13.9. The van der Waals surface area contributed by atoms with Gasteiger partial charge in [0.1, 0.15) is 6.61 Å². The molecule has 0 radical (unpaired) electrons. The number of carbonyl (C=O) groups excluding carboxylic acids is 1.